The molecule has 0 unspecified atom stereocenters. The predicted octanol–water partition coefficient (Wildman–Crippen LogP) is 0.629. The van der Waals surface area contributed by atoms with E-state index in [2.05, 4.69) is 5.32 Å². The van der Waals surface area contributed by atoms with E-state index in [1.54, 1.807) is 0 Å². The normalized spacial score (nSPS) is 42.1. The first-order valence-electron chi connectivity index (χ1n) is 6.43. The number of carbonyl (C=O) groups excluding carboxylic acids is 1. The third-order valence-electron chi connectivity index (χ3n) is 4.06. The Labute approximate surface area is 110 Å². The summed E-state index contributed by atoms with van der Waals surface area (Å²) in [7, 11) is 0. The Morgan fingerprint density at radius 2 is 2.11 bits per heavy atom. The molecule has 18 heavy (non-hydrogen) atoms. The molecule has 5 nitrogen and oxygen atoms in total. The molecule has 3 rings (SSSR count). The smallest absolute Gasteiger partial charge is 0.316 e. The van der Waals surface area contributed by atoms with Crippen molar-refractivity contribution in [3.63, 3.8) is 0 Å². The number of thioether (sulfide) groups is 1. The van der Waals surface area contributed by atoms with E-state index in [1.807, 2.05) is 0 Å². The summed E-state index contributed by atoms with van der Waals surface area (Å²) in [5.41, 5.74) is 0. The molecule has 0 aromatic carbocycles. The number of carboxylic acids is 1. The number of hydrogen-bond acceptors (Lipinski definition) is 4. The molecular weight excluding hydrogens is 254 g/mol. The Balaban J connectivity index is 1.51. The molecule has 0 aromatic rings. The number of fused-ring (bicyclic) bond motifs is 2. The van der Waals surface area contributed by atoms with Crippen LogP contribution < -0.4 is 5.32 Å². The van der Waals surface area contributed by atoms with E-state index in [0.29, 0.717) is 12.2 Å². The van der Waals surface area contributed by atoms with Gasteiger partial charge in [-0.3, -0.25) is 9.59 Å². The topological polar surface area (TPSA) is 75.6 Å². The Hall–Kier alpha value is -0.750. The third kappa shape index (κ3) is 2.23. The van der Waals surface area contributed by atoms with Crippen LogP contribution in [0.3, 0.4) is 0 Å². The van der Waals surface area contributed by atoms with Crippen LogP contribution in [0.5, 0.6) is 0 Å². The summed E-state index contributed by atoms with van der Waals surface area (Å²) in [4.78, 5) is 23.0. The molecule has 6 heteroatoms. The Morgan fingerprint density at radius 1 is 1.28 bits per heavy atom. The van der Waals surface area contributed by atoms with Crippen molar-refractivity contribution in [1.29, 1.82) is 0 Å². The standard InChI is InChI=1S/C12H17NO4S/c14-11(8-4-7-1-2-9(8)17-7)13-6-3-10(12(15)16)18-5-6/h6-10H,1-5H2,(H,13,14)(H,15,16)/t6-,7+,8+,9-,10-/m0/s1. The maximum atomic E-state index is 12.1. The highest BCUT2D eigenvalue weighted by Crippen LogP contribution is 2.39. The first-order chi connectivity index (χ1) is 8.63. The molecule has 3 saturated heterocycles. The first kappa shape index (κ1) is 12.3. The Bertz CT molecular complexity index is 375. The van der Waals surface area contributed by atoms with Gasteiger partial charge in [0.15, 0.2) is 0 Å². The first-order valence-corrected chi connectivity index (χ1v) is 7.48. The van der Waals surface area contributed by atoms with Crippen LogP contribution in [0.15, 0.2) is 0 Å². The summed E-state index contributed by atoms with van der Waals surface area (Å²) in [6.45, 7) is 0. The minimum absolute atomic E-state index is 0.00252. The fourth-order valence-electron chi connectivity index (χ4n) is 3.12. The fraction of sp³-hybridized carbons (Fsp3) is 0.833. The second-order valence-electron chi connectivity index (χ2n) is 5.32. The van der Waals surface area contributed by atoms with Gasteiger partial charge >= 0.3 is 5.97 Å². The van der Waals surface area contributed by atoms with E-state index >= 15 is 0 Å². The fourth-order valence-corrected chi connectivity index (χ4v) is 4.32. The lowest BCUT2D eigenvalue weighted by atomic mass is 9.88. The number of carbonyl (C=O) groups is 2. The highest BCUT2D eigenvalue weighted by Gasteiger charge is 2.45. The SMILES string of the molecule is O=C(O)[C@@H]1C[C@H](NC(=O)[C@@H]2C[C@H]3CC[C@@H]2O3)CS1. The maximum Gasteiger partial charge on any atom is 0.316 e. The second kappa shape index (κ2) is 4.74. The van der Waals surface area contributed by atoms with Gasteiger partial charge in [-0.2, -0.15) is 0 Å². The zero-order valence-corrected chi connectivity index (χ0v) is 10.8. The zero-order valence-electron chi connectivity index (χ0n) is 10.0. The van der Waals surface area contributed by atoms with E-state index in [9.17, 15) is 9.59 Å². The molecule has 3 aliphatic rings. The van der Waals surface area contributed by atoms with Crippen LogP contribution in [0, 0.1) is 5.92 Å². The average molecular weight is 271 g/mol. The van der Waals surface area contributed by atoms with Crippen LogP contribution in [0.2, 0.25) is 0 Å². The number of nitrogens with one attached hydrogen (secondary N) is 1. The summed E-state index contributed by atoms with van der Waals surface area (Å²) >= 11 is 1.41. The summed E-state index contributed by atoms with van der Waals surface area (Å²) < 4.78 is 5.67. The van der Waals surface area contributed by atoms with E-state index in [1.165, 1.54) is 11.8 Å². The predicted molar refractivity (Wildman–Crippen MR) is 66.4 cm³/mol. The van der Waals surface area contributed by atoms with Crippen molar-refractivity contribution in [2.75, 3.05) is 5.75 Å². The quantitative estimate of drug-likeness (QED) is 0.787. The van der Waals surface area contributed by atoms with Gasteiger partial charge in [-0.25, -0.2) is 0 Å². The number of aliphatic carboxylic acids is 1. The molecule has 1 amide bonds. The second-order valence-corrected chi connectivity index (χ2v) is 6.55. The Kier molecular flexibility index (Phi) is 3.23. The largest absolute Gasteiger partial charge is 0.480 e. The Morgan fingerprint density at radius 3 is 2.67 bits per heavy atom. The molecule has 0 radical (unpaired) electrons. The molecule has 0 aliphatic carbocycles. The van der Waals surface area contributed by atoms with E-state index in [4.69, 9.17) is 9.84 Å². The summed E-state index contributed by atoms with van der Waals surface area (Å²) in [5, 5.41) is 11.5. The van der Waals surface area contributed by atoms with Gasteiger partial charge in [0.1, 0.15) is 5.25 Å². The van der Waals surface area contributed by atoms with Gasteiger partial charge in [0, 0.05) is 11.8 Å². The molecule has 3 aliphatic heterocycles. The summed E-state index contributed by atoms with van der Waals surface area (Å²) in [6, 6.07) is 0.00252. The van der Waals surface area contributed by atoms with Crippen molar-refractivity contribution < 1.29 is 19.4 Å². The molecule has 100 valence electrons. The number of rotatable bonds is 3. The summed E-state index contributed by atoms with van der Waals surface area (Å²) in [6.07, 6.45) is 3.80. The van der Waals surface area contributed by atoms with Crippen molar-refractivity contribution in [3.05, 3.63) is 0 Å². The van der Waals surface area contributed by atoms with Crippen molar-refractivity contribution in [3.8, 4) is 0 Å². The van der Waals surface area contributed by atoms with Gasteiger partial charge < -0.3 is 15.2 Å². The highest BCUT2D eigenvalue weighted by atomic mass is 32.2. The van der Waals surface area contributed by atoms with Gasteiger partial charge in [0.25, 0.3) is 0 Å². The van der Waals surface area contributed by atoms with E-state index in [-0.39, 0.29) is 35.3 Å². The molecule has 0 spiro atoms. The van der Waals surface area contributed by atoms with Gasteiger partial charge in [0.2, 0.25) is 5.91 Å². The van der Waals surface area contributed by atoms with Gasteiger partial charge in [0.05, 0.1) is 18.1 Å². The monoisotopic (exact) mass is 271 g/mol. The van der Waals surface area contributed by atoms with Crippen LogP contribution in [0.25, 0.3) is 0 Å². The molecule has 0 aromatic heterocycles. The third-order valence-corrected chi connectivity index (χ3v) is 5.45. The van der Waals surface area contributed by atoms with Gasteiger partial charge in [-0.1, -0.05) is 0 Å². The number of amides is 1. The lowest BCUT2D eigenvalue weighted by Crippen LogP contribution is -2.42. The molecule has 0 saturated carbocycles. The summed E-state index contributed by atoms with van der Waals surface area (Å²) in [5.74, 6) is -0.0406. The molecular formula is C12H17NO4S. The molecule has 2 N–H and O–H groups in total. The van der Waals surface area contributed by atoms with Crippen molar-refractivity contribution in [2.45, 2.75) is 49.2 Å². The molecule has 5 atom stereocenters. The van der Waals surface area contributed by atoms with Crippen molar-refractivity contribution in [1.82, 2.24) is 5.32 Å². The minimum atomic E-state index is -0.778. The highest BCUT2D eigenvalue weighted by molar-refractivity contribution is 8.00. The van der Waals surface area contributed by atoms with E-state index in [0.717, 1.165) is 19.3 Å². The number of hydrogen-bond donors (Lipinski definition) is 2. The lowest BCUT2D eigenvalue weighted by Gasteiger charge is -2.20. The number of ether oxygens (including phenoxy) is 1. The van der Waals surface area contributed by atoms with Crippen molar-refractivity contribution in [2.24, 2.45) is 5.92 Å². The minimum Gasteiger partial charge on any atom is -0.480 e. The van der Waals surface area contributed by atoms with Crippen molar-refractivity contribution >= 4 is 23.6 Å². The van der Waals surface area contributed by atoms with E-state index < -0.39 is 5.97 Å². The van der Waals surface area contributed by atoms with Crippen LogP contribution in [-0.2, 0) is 14.3 Å². The zero-order chi connectivity index (χ0) is 12.7. The average Bonchev–Trinajstić information content (AvgIpc) is 3.03. The van der Waals surface area contributed by atoms with Crippen LogP contribution in [0.1, 0.15) is 25.7 Å². The van der Waals surface area contributed by atoms with Crippen LogP contribution in [-0.4, -0.2) is 46.2 Å². The lowest BCUT2D eigenvalue weighted by molar-refractivity contribution is -0.136. The number of carboxylic acid groups (broad SMARTS) is 1. The van der Waals surface area contributed by atoms with Crippen LogP contribution >= 0.6 is 11.8 Å². The molecule has 3 heterocycles. The molecule has 2 bridgehead atoms. The van der Waals surface area contributed by atoms with Gasteiger partial charge in [-0.05, 0) is 25.7 Å². The van der Waals surface area contributed by atoms with Crippen LogP contribution in [0.4, 0.5) is 0 Å². The van der Waals surface area contributed by atoms with Gasteiger partial charge in [-0.15, -0.1) is 11.8 Å². The molecule has 3 fully saturated rings. The maximum absolute atomic E-state index is 12.1.